The van der Waals surface area contributed by atoms with Crippen molar-refractivity contribution in [1.29, 1.82) is 0 Å². The number of aromatic nitrogens is 3. The summed E-state index contributed by atoms with van der Waals surface area (Å²) >= 11 is 0. The quantitative estimate of drug-likeness (QED) is 0.707. The Labute approximate surface area is 124 Å². The van der Waals surface area contributed by atoms with Crippen LogP contribution in [0.2, 0.25) is 0 Å². The fourth-order valence-electron chi connectivity index (χ4n) is 2.43. The standard InChI is InChI=1S/C16H20N4O/c1-3-7-17-10-13-4-5-14-6-8-20(15(14)9-13)11-16-19-18-12(2)21-16/h4-6,8-9,17H,3,7,10-11H2,1-2H3. The first kappa shape index (κ1) is 13.8. The van der Waals surface area contributed by atoms with Crippen LogP contribution in [-0.4, -0.2) is 21.3 Å². The van der Waals surface area contributed by atoms with Crippen LogP contribution in [0.5, 0.6) is 0 Å². The average molecular weight is 284 g/mol. The summed E-state index contributed by atoms with van der Waals surface area (Å²) in [5.41, 5.74) is 2.49. The summed E-state index contributed by atoms with van der Waals surface area (Å²) in [6.07, 6.45) is 3.21. The Morgan fingerprint density at radius 3 is 2.90 bits per heavy atom. The van der Waals surface area contributed by atoms with E-state index in [-0.39, 0.29) is 0 Å². The second kappa shape index (κ2) is 6.10. The summed E-state index contributed by atoms with van der Waals surface area (Å²) < 4.78 is 7.60. The number of rotatable bonds is 6. The Balaban J connectivity index is 1.83. The average Bonchev–Trinajstić information content (AvgIpc) is 3.07. The lowest BCUT2D eigenvalue weighted by molar-refractivity contribution is 0.457. The molecule has 5 heteroatoms. The van der Waals surface area contributed by atoms with Crippen molar-refractivity contribution >= 4 is 10.9 Å². The molecule has 0 saturated carbocycles. The molecule has 0 amide bonds. The molecule has 3 aromatic rings. The second-order valence-electron chi connectivity index (χ2n) is 5.23. The highest BCUT2D eigenvalue weighted by molar-refractivity contribution is 5.80. The molecule has 0 aliphatic heterocycles. The SMILES string of the molecule is CCCNCc1ccc2ccn(Cc3nnc(C)o3)c2c1. The lowest BCUT2D eigenvalue weighted by Gasteiger charge is -2.06. The van der Waals surface area contributed by atoms with E-state index in [1.165, 1.54) is 16.5 Å². The highest BCUT2D eigenvalue weighted by Gasteiger charge is 2.07. The molecule has 2 heterocycles. The van der Waals surface area contributed by atoms with E-state index >= 15 is 0 Å². The van der Waals surface area contributed by atoms with Gasteiger partial charge in [-0.3, -0.25) is 0 Å². The first-order valence-electron chi connectivity index (χ1n) is 7.33. The van der Waals surface area contributed by atoms with Crippen LogP contribution in [0.25, 0.3) is 10.9 Å². The van der Waals surface area contributed by atoms with Crippen molar-refractivity contribution in [3.63, 3.8) is 0 Å². The molecule has 0 radical (unpaired) electrons. The smallest absolute Gasteiger partial charge is 0.236 e. The lowest BCUT2D eigenvalue weighted by Crippen LogP contribution is -2.13. The van der Waals surface area contributed by atoms with E-state index in [4.69, 9.17) is 4.42 Å². The molecule has 3 rings (SSSR count). The Hall–Kier alpha value is -2.14. The van der Waals surface area contributed by atoms with E-state index in [1.54, 1.807) is 0 Å². The Bertz CT molecular complexity index is 729. The molecule has 1 N–H and O–H groups in total. The summed E-state index contributed by atoms with van der Waals surface area (Å²) in [7, 11) is 0. The van der Waals surface area contributed by atoms with Crippen LogP contribution in [0.4, 0.5) is 0 Å². The maximum Gasteiger partial charge on any atom is 0.236 e. The summed E-state index contributed by atoms with van der Waals surface area (Å²) in [4.78, 5) is 0. The minimum Gasteiger partial charge on any atom is -0.424 e. The number of nitrogens with one attached hydrogen (secondary N) is 1. The number of aryl methyl sites for hydroxylation is 1. The van der Waals surface area contributed by atoms with Gasteiger partial charge in [0.15, 0.2) is 0 Å². The molecule has 0 atom stereocenters. The van der Waals surface area contributed by atoms with Crippen molar-refractivity contribution in [2.75, 3.05) is 6.54 Å². The van der Waals surface area contributed by atoms with Crippen molar-refractivity contribution in [3.8, 4) is 0 Å². The minimum atomic E-state index is 0.603. The number of benzene rings is 1. The highest BCUT2D eigenvalue weighted by Crippen LogP contribution is 2.19. The van der Waals surface area contributed by atoms with Gasteiger partial charge in [-0.25, -0.2) is 0 Å². The topological polar surface area (TPSA) is 55.9 Å². The van der Waals surface area contributed by atoms with Gasteiger partial charge in [0.25, 0.3) is 0 Å². The van der Waals surface area contributed by atoms with Gasteiger partial charge in [-0.15, -0.1) is 10.2 Å². The fourth-order valence-corrected chi connectivity index (χ4v) is 2.43. The normalized spacial score (nSPS) is 11.3. The molecule has 0 unspecified atom stereocenters. The largest absolute Gasteiger partial charge is 0.424 e. The molecule has 110 valence electrons. The summed E-state index contributed by atoms with van der Waals surface area (Å²) in [6.45, 7) is 6.53. The number of hydrogen-bond acceptors (Lipinski definition) is 4. The van der Waals surface area contributed by atoms with E-state index in [9.17, 15) is 0 Å². The molecule has 0 bridgehead atoms. The van der Waals surface area contributed by atoms with Crippen LogP contribution in [0, 0.1) is 6.92 Å². The third kappa shape index (κ3) is 3.13. The molecule has 21 heavy (non-hydrogen) atoms. The van der Waals surface area contributed by atoms with Crippen LogP contribution < -0.4 is 5.32 Å². The molecule has 5 nitrogen and oxygen atoms in total. The summed E-state index contributed by atoms with van der Waals surface area (Å²) in [5.74, 6) is 1.24. The van der Waals surface area contributed by atoms with Crippen molar-refractivity contribution in [1.82, 2.24) is 20.1 Å². The van der Waals surface area contributed by atoms with Crippen LogP contribution >= 0.6 is 0 Å². The first-order valence-corrected chi connectivity index (χ1v) is 7.33. The van der Waals surface area contributed by atoms with Crippen molar-refractivity contribution in [2.24, 2.45) is 0 Å². The Morgan fingerprint density at radius 1 is 1.24 bits per heavy atom. The minimum absolute atomic E-state index is 0.603. The number of nitrogens with zero attached hydrogens (tertiary/aromatic N) is 3. The van der Waals surface area contributed by atoms with Crippen LogP contribution in [0.3, 0.4) is 0 Å². The van der Waals surface area contributed by atoms with E-state index in [2.05, 4.69) is 57.5 Å². The molecule has 0 aliphatic carbocycles. The summed E-state index contributed by atoms with van der Waals surface area (Å²) in [6, 6.07) is 8.67. The van der Waals surface area contributed by atoms with E-state index in [1.807, 2.05) is 6.92 Å². The molecule has 1 aromatic carbocycles. The third-order valence-electron chi connectivity index (χ3n) is 3.47. The van der Waals surface area contributed by atoms with Crippen LogP contribution in [0.15, 0.2) is 34.9 Å². The predicted octanol–water partition coefficient (Wildman–Crippen LogP) is 2.88. The van der Waals surface area contributed by atoms with Gasteiger partial charge in [-0.05, 0) is 36.0 Å². The third-order valence-corrected chi connectivity index (χ3v) is 3.47. The molecule has 0 spiro atoms. The van der Waals surface area contributed by atoms with Crippen LogP contribution in [-0.2, 0) is 13.1 Å². The van der Waals surface area contributed by atoms with E-state index < -0.39 is 0 Å². The zero-order valence-electron chi connectivity index (χ0n) is 12.5. The van der Waals surface area contributed by atoms with Gasteiger partial charge in [0.05, 0.1) is 0 Å². The molecule has 2 aromatic heterocycles. The van der Waals surface area contributed by atoms with Gasteiger partial charge < -0.3 is 14.3 Å². The molecular weight excluding hydrogens is 264 g/mol. The monoisotopic (exact) mass is 284 g/mol. The summed E-state index contributed by atoms with van der Waals surface area (Å²) in [5, 5.41) is 12.6. The maximum atomic E-state index is 5.46. The Kier molecular flexibility index (Phi) is 4.01. The van der Waals surface area contributed by atoms with Gasteiger partial charge in [0.1, 0.15) is 6.54 Å². The second-order valence-corrected chi connectivity index (χ2v) is 5.23. The first-order chi connectivity index (χ1) is 10.3. The lowest BCUT2D eigenvalue weighted by atomic mass is 10.1. The van der Waals surface area contributed by atoms with Crippen molar-refractivity contribution < 1.29 is 4.42 Å². The Morgan fingerprint density at radius 2 is 2.14 bits per heavy atom. The van der Waals surface area contributed by atoms with Crippen molar-refractivity contribution in [3.05, 3.63) is 47.8 Å². The maximum absolute atomic E-state index is 5.46. The van der Waals surface area contributed by atoms with Gasteiger partial charge in [0, 0.05) is 25.2 Å². The van der Waals surface area contributed by atoms with Gasteiger partial charge in [-0.1, -0.05) is 19.1 Å². The number of fused-ring (bicyclic) bond motifs is 1. The number of hydrogen-bond donors (Lipinski definition) is 1. The fraction of sp³-hybridized carbons (Fsp3) is 0.375. The molecular formula is C16H20N4O. The van der Waals surface area contributed by atoms with Crippen molar-refractivity contribution in [2.45, 2.75) is 33.4 Å². The van der Waals surface area contributed by atoms with Gasteiger partial charge in [0.2, 0.25) is 11.8 Å². The van der Waals surface area contributed by atoms with Gasteiger partial charge >= 0.3 is 0 Å². The van der Waals surface area contributed by atoms with Crippen LogP contribution in [0.1, 0.15) is 30.7 Å². The van der Waals surface area contributed by atoms with Gasteiger partial charge in [-0.2, -0.15) is 0 Å². The zero-order chi connectivity index (χ0) is 14.7. The molecule has 0 fully saturated rings. The zero-order valence-corrected chi connectivity index (χ0v) is 12.5. The predicted molar refractivity (Wildman–Crippen MR) is 82.1 cm³/mol. The molecule has 0 aliphatic rings. The highest BCUT2D eigenvalue weighted by atomic mass is 16.4. The molecule has 0 saturated heterocycles. The van der Waals surface area contributed by atoms with E-state index in [0.717, 1.165) is 19.5 Å². The van der Waals surface area contributed by atoms with E-state index in [0.29, 0.717) is 18.3 Å².